The summed E-state index contributed by atoms with van der Waals surface area (Å²) in [5.74, 6) is -0.805. The number of carbonyl (C=O) groups is 1. The van der Waals surface area contributed by atoms with Crippen molar-refractivity contribution in [2.75, 3.05) is 82.4 Å². The Labute approximate surface area is 418 Å². The summed E-state index contributed by atoms with van der Waals surface area (Å²) in [5.41, 5.74) is 2.30. The SMILES string of the molecule is CC1(C)CCC(CN2CCN(c3ccc(C(=O)NS(=O)(=O)c4ccc(NCC5CN(S(=O)(=O)C6COC6)CCO5)c([N+](=O)[O-])c4)c(Oc4cnc5[nH]ccc5c4)c3)CC2)=C(c2ccc(C(F)(F)F)cc2Cl)C1. The molecule has 24 heteroatoms. The van der Waals surface area contributed by atoms with Gasteiger partial charge in [0.15, 0.2) is 0 Å². The number of nitrogens with zero attached hydrogens (tertiary/aromatic N) is 5. The van der Waals surface area contributed by atoms with E-state index >= 15 is 0 Å². The number of anilines is 2. The summed E-state index contributed by atoms with van der Waals surface area (Å²) in [7, 11) is -8.34. The molecular formula is C48H52ClF3N8O10S2. The normalized spacial score (nSPS) is 19.5. The Morgan fingerprint density at radius 3 is 2.50 bits per heavy atom. The van der Waals surface area contributed by atoms with E-state index in [1.807, 2.05) is 4.72 Å². The molecule has 1 atom stereocenters. The van der Waals surface area contributed by atoms with Crippen LogP contribution in [0.25, 0.3) is 16.6 Å². The van der Waals surface area contributed by atoms with Gasteiger partial charge in [0.25, 0.3) is 21.6 Å². The summed E-state index contributed by atoms with van der Waals surface area (Å²) >= 11 is 6.54. The van der Waals surface area contributed by atoms with Gasteiger partial charge in [-0.05, 0) is 84.3 Å². The smallest absolute Gasteiger partial charge is 0.416 e. The minimum Gasteiger partial charge on any atom is -0.455 e. The molecule has 3 aliphatic heterocycles. The van der Waals surface area contributed by atoms with Crippen molar-refractivity contribution in [1.82, 2.24) is 23.9 Å². The number of halogens is 4. The number of aromatic amines is 1. The molecule has 384 valence electrons. The molecule has 0 radical (unpaired) electrons. The quantitative estimate of drug-likeness (QED) is 0.0677. The van der Waals surface area contributed by atoms with Gasteiger partial charge in [-0.25, -0.2) is 26.5 Å². The van der Waals surface area contributed by atoms with Crippen LogP contribution in [0.15, 0.2) is 89.6 Å². The Hall–Kier alpha value is -5.82. The highest BCUT2D eigenvalue weighted by Crippen LogP contribution is 2.46. The number of morpholine rings is 1. The molecule has 0 bridgehead atoms. The first-order valence-corrected chi connectivity index (χ1v) is 26.6. The number of hydrogen-bond donors (Lipinski definition) is 3. The van der Waals surface area contributed by atoms with Crippen LogP contribution < -0.4 is 19.7 Å². The van der Waals surface area contributed by atoms with Crippen LogP contribution in [0.3, 0.4) is 0 Å². The van der Waals surface area contributed by atoms with Crippen LogP contribution in [-0.4, -0.2) is 130 Å². The lowest BCUT2D eigenvalue weighted by molar-refractivity contribution is -0.384. The number of piperazine rings is 1. The van der Waals surface area contributed by atoms with Crippen LogP contribution >= 0.6 is 11.6 Å². The number of benzene rings is 3. The lowest BCUT2D eigenvalue weighted by atomic mass is 9.72. The van der Waals surface area contributed by atoms with Crippen molar-refractivity contribution >= 4 is 71.2 Å². The second-order valence-corrected chi connectivity index (χ2v) is 23.4. The fourth-order valence-electron chi connectivity index (χ4n) is 9.33. The van der Waals surface area contributed by atoms with Crippen molar-refractivity contribution in [3.8, 4) is 11.5 Å². The molecule has 0 saturated carbocycles. The molecule has 1 aliphatic carbocycles. The van der Waals surface area contributed by atoms with Crippen LogP contribution in [0.4, 0.5) is 30.2 Å². The molecule has 4 aliphatic rings. The maximum Gasteiger partial charge on any atom is 0.416 e. The number of alkyl halides is 3. The number of nitro groups is 1. The van der Waals surface area contributed by atoms with E-state index in [0.717, 1.165) is 48.3 Å². The van der Waals surface area contributed by atoms with E-state index in [9.17, 15) is 44.9 Å². The highest BCUT2D eigenvalue weighted by atomic mass is 35.5. The van der Waals surface area contributed by atoms with Crippen molar-refractivity contribution in [2.45, 2.75) is 55.5 Å². The maximum atomic E-state index is 14.0. The topological polar surface area (TPSA) is 219 Å². The molecule has 3 fully saturated rings. The van der Waals surface area contributed by atoms with Gasteiger partial charge in [0.1, 0.15) is 28.1 Å². The minimum absolute atomic E-state index is 0.00645. The third kappa shape index (κ3) is 11.2. The van der Waals surface area contributed by atoms with Gasteiger partial charge >= 0.3 is 6.18 Å². The molecule has 3 saturated heterocycles. The molecule has 5 aromatic rings. The van der Waals surface area contributed by atoms with E-state index in [-0.39, 0.29) is 72.6 Å². The van der Waals surface area contributed by atoms with Crippen LogP contribution in [0.2, 0.25) is 5.02 Å². The zero-order valence-corrected chi connectivity index (χ0v) is 41.6. The average Bonchev–Trinajstić information content (AvgIpc) is 3.79. The number of hydrogen-bond acceptors (Lipinski definition) is 14. The number of fused-ring (bicyclic) bond motifs is 1. The third-order valence-electron chi connectivity index (χ3n) is 13.5. The summed E-state index contributed by atoms with van der Waals surface area (Å²) < 4.78 is 114. The van der Waals surface area contributed by atoms with Crippen LogP contribution in [0, 0.1) is 15.5 Å². The summed E-state index contributed by atoms with van der Waals surface area (Å²) in [5, 5.41) is 15.3. The first kappa shape index (κ1) is 51.1. The number of amides is 1. The molecule has 5 heterocycles. The highest BCUT2D eigenvalue weighted by molar-refractivity contribution is 7.90. The van der Waals surface area contributed by atoms with E-state index in [1.54, 1.807) is 30.5 Å². The second-order valence-electron chi connectivity index (χ2n) is 19.1. The van der Waals surface area contributed by atoms with Gasteiger partial charge in [-0.2, -0.15) is 17.5 Å². The Balaban J connectivity index is 0.907. The largest absolute Gasteiger partial charge is 0.455 e. The number of nitro benzene ring substituents is 1. The molecule has 3 N–H and O–H groups in total. The summed E-state index contributed by atoms with van der Waals surface area (Å²) in [6.45, 7) is 7.71. The first-order valence-electron chi connectivity index (χ1n) is 23.2. The van der Waals surface area contributed by atoms with E-state index in [2.05, 4.69) is 38.9 Å². The fourth-order valence-corrected chi connectivity index (χ4v) is 12.3. The number of rotatable bonds is 15. The van der Waals surface area contributed by atoms with Crippen LogP contribution in [0.5, 0.6) is 11.5 Å². The predicted molar refractivity (Wildman–Crippen MR) is 263 cm³/mol. The second kappa shape index (κ2) is 20.2. The molecule has 9 rings (SSSR count). The first-order chi connectivity index (χ1) is 34.1. The maximum absolute atomic E-state index is 14.0. The van der Waals surface area contributed by atoms with E-state index in [1.165, 1.54) is 28.7 Å². The van der Waals surface area contributed by atoms with Gasteiger partial charge in [-0.3, -0.25) is 19.8 Å². The van der Waals surface area contributed by atoms with Crippen molar-refractivity contribution in [2.24, 2.45) is 5.41 Å². The van der Waals surface area contributed by atoms with Crippen molar-refractivity contribution < 1.29 is 53.9 Å². The molecule has 2 aromatic heterocycles. The number of H-pyrrole nitrogens is 1. The lowest BCUT2D eigenvalue weighted by Crippen LogP contribution is -2.54. The average molecular weight is 1060 g/mol. The molecule has 0 spiro atoms. The van der Waals surface area contributed by atoms with Crippen LogP contribution in [-0.2, 0) is 35.7 Å². The Morgan fingerprint density at radius 1 is 1.01 bits per heavy atom. The Morgan fingerprint density at radius 2 is 1.79 bits per heavy atom. The zero-order chi connectivity index (χ0) is 51.2. The monoisotopic (exact) mass is 1060 g/mol. The number of pyridine rings is 1. The van der Waals surface area contributed by atoms with Gasteiger partial charge in [-0.1, -0.05) is 37.1 Å². The van der Waals surface area contributed by atoms with Crippen molar-refractivity contribution in [3.05, 3.63) is 117 Å². The zero-order valence-electron chi connectivity index (χ0n) is 39.2. The van der Waals surface area contributed by atoms with Gasteiger partial charge in [-0.15, -0.1) is 0 Å². The van der Waals surface area contributed by atoms with Crippen LogP contribution in [0.1, 0.15) is 54.6 Å². The van der Waals surface area contributed by atoms with E-state index in [0.29, 0.717) is 61.4 Å². The van der Waals surface area contributed by atoms with Crippen molar-refractivity contribution in [3.63, 3.8) is 0 Å². The summed E-state index contributed by atoms with van der Waals surface area (Å²) in [6.07, 6.45) is 0.327. The predicted octanol–water partition coefficient (Wildman–Crippen LogP) is 7.68. The van der Waals surface area contributed by atoms with Gasteiger partial charge in [0.2, 0.25) is 10.0 Å². The van der Waals surface area contributed by atoms with Gasteiger partial charge in [0.05, 0.1) is 53.1 Å². The number of aromatic nitrogens is 2. The summed E-state index contributed by atoms with van der Waals surface area (Å²) in [4.78, 5) is 36.7. The van der Waals surface area contributed by atoms with Gasteiger partial charge < -0.3 is 29.4 Å². The molecule has 1 amide bonds. The minimum atomic E-state index is -4.73. The summed E-state index contributed by atoms with van der Waals surface area (Å²) in [6, 6.07) is 14.9. The molecule has 3 aromatic carbocycles. The number of carbonyl (C=O) groups excluding carboxylic acids is 1. The van der Waals surface area contributed by atoms with Gasteiger partial charge in [0, 0.05) is 86.8 Å². The molecule has 72 heavy (non-hydrogen) atoms. The Bertz CT molecular complexity index is 3160. The Kier molecular flexibility index (Phi) is 14.4. The lowest BCUT2D eigenvalue weighted by Gasteiger charge is -2.39. The number of ether oxygens (including phenoxy) is 3. The molecular weight excluding hydrogens is 1010 g/mol. The van der Waals surface area contributed by atoms with E-state index < -0.39 is 64.6 Å². The van der Waals surface area contributed by atoms with E-state index in [4.69, 9.17) is 25.8 Å². The standard InChI is InChI=1S/C48H52ClF3N8O10S2/c1-47(2)11-9-31(40(23-47)38-6-3-32(20-41(38)49)48(50,51)52)26-57-13-15-58(16-14-57)33-4-7-39(44(21-33)70-34-19-30-10-12-53-45(30)55-24-34)46(61)56-71(64,65)36-5-8-42(43(22-36)60(62)63)54-25-35-27-59(17-18-69-35)72(66,67)37-28-68-29-37/h3-8,10,12,19-22,24,35,37,54H,9,11,13-18,23,25-29H2,1-2H3,(H,53,55)(H,56,61). The van der Waals surface area contributed by atoms with Crippen molar-refractivity contribution in [1.29, 1.82) is 0 Å². The number of sulfonamides is 2. The number of allylic oxidation sites excluding steroid dienone is 1. The highest BCUT2D eigenvalue weighted by Gasteiger charge is 2.40. The fraction of sp³-hybridized carbons (Fsp3) is 0.417. The molecule has 18 nitrogen and oxygen atoms in total. The third-order valence-corrected chi connectivity index (χ3v) is 17.3. The number of nitrogens with one attached hydrogen (secondary N) is 3. The molecule has 1 unspecified atom stereocenters.